The van der Waals surface area contributed by atoms with Crippen molar-refractivity contribution in [1.82, 2.24) is 5.32 Å². The predicted octanol–water partition coefficient (Wildman–Crippen LogP) is 1.36. The molecule has 0 aromatic rings. The van der Waals surface area contributed by atoms with E-state index in [0.717, 1.165) is 26.0 Å². The lowest BCUT2D eigenvalue weighted by Gasteiger charge is -2.28. The van der Waals surface area contributed by atoms with Crippen molar-refractivity contribution in [1.29, 1.82) is 0 Å². The van der Waals surface area contributed by atoms with Crippen molar-refractivity contribution in [3.63, 3.8) is 0 Å². The minimum absolute atomic E-state index is 0.0462. The molecule has 18 heavy (non-hydrogen) atoms. The van der Waals surface area contributed by atoms with E-state index in [1.807, 2.05) is 0 Å². The van der Waals surface area contributed by atoms with Gasteiger partial charge >= 0.3 is 0 Å². The Morgan fingerprint density at radius 2 is 2.11 bits per heavy atom. The molecule has 5 heteroatoms. The molecule has 2 rings (SSSR count). The molecule has 4 nitrogen and oxygen atoms in total. The molecule has 1 atom stereocenters. The summed E-state index contributed by atoms with van der Waals surface area (Å²) < 4.78 is 29.3. The minimum Gasteiger partial charge on any atom is -0.381 e. The molecular weight excluding hydrogens is 250 g/mol. The van der Waals surface area contributed by atoms with Crippen LogP contribution in [0.15, 0.2) is 0 Å². The van der Waals surface area contributed by atoms with Gasteiger partial charge in [-0.3, -0.25) is 0 Å². The molecule has 0 aromatic heterocycles. The topological polar surface area (TPSA) is 55.4 Å². The Morgan fingerprint density at radius 1 is 1.39 bits per heavy atom. The number of rotatable bonds is 7. The molecule has 1 aliphatic carbocycles. The van der Waals surface area contributed by atoms with E-state index in [1.165, 1.54) is 12.8 Å². The fraction of sp³-hybridized carbons (Fsp3) is 1.00. The molecule has 0 bridgehead atoms. The molecule has 1 aliphatic heterocycles. The molecule has 1 saturated carbocycles. The van der Waals surface area contributed by atoms with E-state index >= 15 is 0 Å². The van der Waals surface area contributed by atoms with Crippen molar-refractivity contribution in [3.8, 4) is 0 Å². The predicted molar refractivity (Wildman–Crippen MR) is 72.4 cm³/mol. The van der Waals surface area contributed by atoms with Crippen molar-refractivity contribution < 1.29 is 13.2 Å². The average molecular weight is 275 g/mol. The van der Waals surface area contributed by atoms with Crippen LogP contribution in [0.3, 0.4) is 0 Å². The second-order valence-corrected chi connectivity index (χ2v) is 8.80. The smallest absolute Gasteiger partial charge is 0.152 e. The number of hydrogen-bond acceptors (Lipinski definition) is 4. The van der Waals surface area contributed by atoms with Crippen molar-refractivity contribution in [2.24, 2.45) is 5.41 Å². The van der Waals surface area contributed by atoms with Crippen LogP contribution in [0.2, 0.25) is 0 Å². The Hall–Kier alpha value is -0.130. The number of hydrogen-bond donors (Lipinski definition) is 1. The number of ether oxygens (including phenoxy) is 1. The summed E-state index contributed by atoms with van der Waals surface area (Å²) >= 11 is 0. The largest absolute Gasteiger partial charge is 0.381 e. The first kappa shape index (κ1) is 14.3. The summed E-state index contributed by atoms with van der Waals surface area (Å²) in [5, 5.41) is 3.26. The zero-order chi connectivity index (χ0) is 13.2. The first-order valence-electron chi connectivity index (χ1n) is 6.96. The highest BCUT2D eigenvalue weighted by Gasteiger charge is 2.37. The summed E-state index contributed by atoms with van der Waals surface area (Å²) in [6.45, 7) is 5.91. The van der Waals surface area contributed by atoms with Crippen LogP contribution in [-0.4, -0.2) is 45.2 Å². The van der Waals surface area contributed by atoms with E-state index in [4.69, 9.17) is 4.74 Å². The molecule has 0 spiro atoms. The monoisotopic (exact) mass is 275 g/mol. The summed E-state index contributed by atoms with van der Waals surface area (Å²) in [4.78, 5) is 0. The third-order valence-corrected chi connectivity index (χ3v) is 6.37. The van der Waals surface area contributed by atoms with E-state index in [0.29, 0.717) is 18.4 Å². The highest BCUT2D eigenvalue weighted by molar-refractivity contribution is 7.91. The highest BCUT2D eigenvalue weighted by atomic mass is 32.2. The van der Waals surface area contributed by atoms with Gasteiger partial charge in [-0.1, -0.05) is 0 Å². The van der Waals surface area contributed by atoms with Crippen molar-refractivity contribution in [2.75, 3.05) is 25.5 Å². The summed E-state index contributed by atoms with van der Waals surface area (Å²) in [7, 11) is -2.93. The van der Waals surface area contributed by atoms with Crippen LogP contribution in [-0.2, 0) is 14.6 Å². The Kier molecular flexibility index (Phi) is 4.34. The maximum Gasteiger partial charge on any atom is 0.152 e. The molecule has 2 fully saturated rings. The minimum atomic E-state index is -2.93. The van der Waals surface area contributed by atoms with Crippen LogP contribution in [0.5, 0.6) is 0 Å². The molecule has 0 amide bonds. The van der Waals surface area contributed by atoms with Crippen LogP contribution < -0.4 is 5.32 Å². The van der Waals surface area contributed by atoms with Gasteiger partial charge in [-0.25, -0.2) is 8.42 Å². The zero-order valence-corrected chi connectivity index (χ0v) is 12.3. The van der Waals surface area contributed by atoms with E-state index in [1.54, 1.807) is 13.8 Å². The first-order valence-corrected chi connectivity index (χ1v) is 8.68. The maximum atomic E-state index is 11.9. The lowest BCUT2D eigenvalue weighted by molar-refractivity contribution is 0.147. The van der Waals surface area contributed by atoms with Gasteiger partial charge in [0.1, 0.15) is 0 Å². The third kappa shape index (κ3) is 3.68. The molecule has 2 aliphatic rings. The van der Waals surface area contributed by atoms with Crippen molar-refractivity contribution in [2.45, 2.75) is 50.8 Å². The Bertz CT molecular complexity index is 368. The molecule has 1 heterocycles. The van der Waals surface area contributed by atoms with E-state index in [9.17, 15) is 8.42 Å². The van der Waals surface area contributed by atoms with Gasteiger partial charge in [0.25, 0.3) is 0 Å². The van der Waals surface area contributed by atoms with Gasteiger partial charge in [0.15, 0.2) is 9.84 Å². The van der Waals surface area contributed by atoms with Gasteiger partial charge in [0, 0.05) is 24.6 Å². The Morgan fingerprint density at radius 3 is 2.61 bits per heavy atom. The number of nitrogens with one attached hydrogen (secondary N) is 1. The lowest BCUT2D eigenvalue weighted by Crippen LogP contribution is -2.38. The van der Waals surface area contributed by atoms with Crippen LogP contribution in [0.25, 0.3) is 0 Å². The van der Waals surface area contributed by atoms with Crippen LogP contribution in [0.1, 0.15) is 39.5 Å². The molecule has 106 valence electrons. The fourth-order valence-corrected chi connectivity index (χ4v) is 3.51. The average Bonchev–Trinajstić information content (AvgIpc) is 3.03. The summed E-state index contributed by atoms with van der Waals surface area (Å²) in [5.74, 6) is 0.292. The fourth-order valence-electron chi connectivity index (χ4n) is 2.32. The van der Waals surface area contributed by atoms with Crippen LogP contribution >= 0.6 is 0 Å². The molecule has 1 saturated heterocycles. The molecule has 1 N–H and O–H groups in total. The van der Waals surface area contributed by atoms with Crippen LogP contribution in [0.4, 0.5) is 0 Å². The van der Waals surface area contributed by atoms with Crippen molar-refractivity contribution >= 4 is 9.84 Å². The first-order chi connectivity index (χ1) is 8.44. The zero-order valence-electron chi connectivity index (χ0n) is 11.4. The molecular formula is C13H25NO3S. The summed E-state index contributed by atoms with van der Waals surface area (Å²) in [6.07, 6.45) is 4.25. The van der Waals surface area contributed by atoms with Gasteiger partial charge in [-0.05, 0) is 39.5 Å². The molecule has 1 unspecified atom stereocenters. The van der Waals surface area contributed by atoms with Gasteiger partial charge < -0.3 is 10.1 Å². The Balaban J connectivity index is 1.89. The van der Waals surface area contributed by atoms with Gasteiger partial charge in [-0.2, -0.15) is 0 Å². The van der Waals surface area contributed by atoms with E-state index in [-0.39, 0.29) is 10.7 Å². The second kappa shape index (κ2) is 5.47. The third-order valence-electron chi connectivity index (χ3n) is 4.16. The summed E-state index contributed by atoms with van der Waals surface area (Å²) in [5.41, 5.74) is 0.0462. The van der Waals surface area contributed by atoms with Crippen molar-refractivity contribution in [3.05, 3.63) is 0 Å². The van der Waals surface area contributed by atoms with Gasteiger partial charge in [0.2, 0.25) is 0 Å². The lowest BCUT2D eigenvalue weighted by atomic mass is 9.84. The maximum absolute atomic E-state index is 11.9. The SMILES string of the molecule is CC(C)S(=O)(=O)CCC1(CNC2CC2)CCOC1. The molecule has 0 radical (unpaired) electrons. The second-order valence-electron chi connectivity index (χ2n) is 6.12. The summed E-state index contributed by atoms with van der Waals surface area (Å²) in [6, 6.07) is 0.671. The van der Waals surface area contributed by atoms with Crippen LogP contribution in [0, 0.1) is 5.41 Å². The number of sulfone groups is 1. The van der Waals surface area contributed by atoms with E-state index < -0.39 is 9.84 Å². The standard InChI is InChI=1S/C13H25NO3S/c1-11(2)18(15,16)8-6-13(5-7-17-10-13)9-14-12-3-4-12/h11-12,14H,3-10H2,1-2H3. The normalized spacial score (nSPS) is 29.1. The quantitative estimate of drug-likeness (QED) is 0.762. The van der Waals surface area contributed by atoms with Gasteiger partial charge in [-0.15, -0.1) is 0 Å². The Labute approximate surface area is 110 Å². The highest BCUT2D eigenvalue weighted by Crippen LogP contribution is 2.34. The molecule has 0 aromatic carbocycles. The van der Waals surface area contributed by atoms with Gasteiger partial charge in [0.05, 0.1) is 17.6 Å². The van der Waals surface area contributed by atoms with E-state index in [2.05, 4.69) is 5.32 Å².